The summed E-state index contributed by atoms with van der Waals surface area (Å²) in [6.45, 7) is 0. The quantitative estimate of drug-likeness (QED) is 0.754. The van der Waals surface area contributed by atoms with E-state index in [1.165, 1.54) is 0 Å². The predicted molar refractivity (Wildman–Crippen MR) is 85.1 cm³/mol. The summed E-state index contributed by atoms with van der Waals surface area (Å²) in [6, 6.07) is 4.96. The van der Waals surface area contributed by atoms with E-state index in [1.54, 1.807) is 18.2 Å². The molecule has 1 aromatic rings. The van der Waals surface area contributed by atoms with Crippen molar-refractivity contribution in [1.82, 2.24) is 5.32 Å². The second-order valence-corrected chi connectivity index (χ2v) is 6.60. The Morgan fingerprint density at radius 2 is 1.90 bits per heavy atom. The number of carboxylic acids is 1. The number of amides is 1. The average molecular weight is 408 g/mol. The van der Waals surface area contributed by atoms with Crippen molar-refractivity contribution in [3.63, 3.8) is 0 Å². The summed E-state index contributed by atoms with van der Waals surface area (Å²) in [7, 11) is 0. The lowest BCUT2D eigenvalue weighted by atomic mass is 9.81. The van der Waals surface area contributed by atoms with Gasteiger partial charge in [0.25, 0.3) is 5.91 Å². The largest absolute Gasteiger partial charge is 0.480 e. The van der Waals surface area contributed by atoms with Crippen LogP contribution in [0.1, 0.15) is 42.5 Å². The smallest absolute Gasteiger partial charge is 0.329 e. The van der Waals surface area contributed by atoms with Crippen molar-refractivity contribution in [1.29, 1.82) is 0 Å². The highest BCUT2D eigenvalue weighted by molar-refractivity contribution is 14.1. The summed E-state index contributed by atoms with van der Waals surface area (Å²) < 4.78 is 0.853. The minimum atomic E-state index is -1.13. The Hall–Kier alpha value is -0.820. The highest BCUT2D eigenvalue weighted by Crippen LogP contribution is 2.29. The number of hydrogen-bond acceptors (Lipinski definition) is 2. The molecule has 6 heteroatoms. The number of hydrogen-bond donors (Lipinski definition) is 2. The molecule has 1 amide bonds. The van der Waals surface area contributed by atoms with Crippen LogP contribution < -0.4 is 5.32 Å². The highest BCUT2D eigenvalue weighted by Gasteiger charge is 2.41. The first-order valence-corrected chi connectivity index (χ1v) is 7.91. The Bertz CT molecular complexity index is 541. The van der Waals surface area contributed by atoms with E-state index in [0.717, 1.165) is 22.8 Å². The van der Waals surface area contributed by atoms with Gasteiger partial charge in [-0.1, -0.05) is 30.9 Å². The Labute approximate surface area is 136 Å². The molecular formula is C14H15ClINO3. The fraction of sp³-hybridized carbons (Fsp3) is 0.429. The van der Waals surface area contributed by atoms with Gasteiger partial charge in [0.05, 0.1) is 5.02 Å². The van der Waals surface area contributed by atoms with E-state index in [9.17, 15) is 14.7 Å². The van der Waals surface area contributed by atoms with Crippen LogP contribution in [-0.4, -0.2) is 22.5 Å². The third-order valence-electron chi connectivity index (χ3n) is 3.65. The van der Waals surface area contributed by atoms with Gasteiger partial charge >= 0.3 is 5.97 Å². The molecule has 0 bridgehead atoms. The van der Waals surface area contributed by atoms with E-state index in [-0.39, 0.29) is 5.91 Å². The maximum atomic E-state index is 12.3. The number of carbonyl (C=O) groups excluding carboxylic acids is 1. The number of rotatable bonds is 3. The maximum absolute atomic E-state index is 12.3. The number of carboxylic acid groups (broad SMARTS) is 1. The molecule has 20 heavy (non-hydrogen) atoms. The number of benzene rings is 1. The molecule has 108 valence electrons. The van der Waals surface area contributed by atoms with Crippen LogP contribution in [0.3, 0.4) is 0 Å². The topological polar surface area (TPSA) is 66.4 Å². The van der Waals surface area contributed by atoms with Gasteiger partial charge in [0.1, 0.15) is 5.54 Å². The van der Waals surface area contributed by atoms with Gasteiger partial charge < -0.3 is 10.4 Å². The zero-order valence-electron chi connectivity index (χ0n) is 10.8. The Kier molecular flexibility index (Phi) is 4.90. The van der Waals surface area contributed by atoms with Crippen LogP contribution in [0.2, 0.25) is 5.02 Å². The third kappa shape index (κ3) is 3.25. The molecule has 0 atom stereocenters. The molecule has 2 N–H and O–H groups in total. The normalized spacial score (nSPS) is 17.5. The lowest BCUT2D eigenvalue weighted by Gasteiger charge is -2.34. The van der Waals surface area contributed by atoms with Crippen molar-refractivity contribution < 1.29 is 14.7 Å². The maximum Gasteiger partial charge on any atom is 0.329 e. The first-order chi connectivity index (χ1) is 9.44. The molecule has 2 rings (SSSR count). The van der Waals surface area contributed by atoms with Crippen molar-refractivity contribution in [3.05, 3.63) is 32.4 Å². The van der Waals surface area contributed by atoms with E-state index in [2.05, 4.69) is 27.9 Å². The van der Waals surface area contributed by atoms with Gasteiger partial charge in [-0.3, -0.25) is 4.79 Å². The minimum Gasteiger partial charge on any atom is -0.480 e. The van der Waals surface area contributed by atoms with Crippen LogP contribution in [0.4, 0.5) is 0 Å². The van der Waals surface area contributed by atoms with Crippen molar-refractivity contribution in [2.24, 2.45) is 0 Å². The number of halogens is 2. The van der Waals surface area contributed by atoms with E-state index in [0.29, 0.717) is 23.4 Å². The lowest BCUT2D eigenvalue weighted by Crippen LogP contribution is -2.55. The average Bonchev–Trinajstić information content (AvgIpc) is 2.42. The minimum absolute atomic E-state index is 0.382. The zero-order valence-corrected chi connectivity index (χ0v) is 13.7. The first-order valence-electron chi connectivity index (χ1n) is 6.45. The molecule has 0 heterocycles. The van der Waals surface area contributed by atoms with Crippen molar-refractivity contribution >= 4 is 46.1 Å². The molecule has 0 saturated heterocycles. The van der Waals surface area contributed by atoms with Gasteiger partial charge in [-0.2, -0.15) is 0 Å². The van der Waals surface area contributed by atoms with E-state index < -0.39 is 11.5 Å². The molecule has 0 aromatic heterocycles. The van der Waals surface area contributed by atoms with Crippen LogP contribution in [0.25, 0.3) is 0 Å². The first kappa shape index (κ1) is 15.6. The molecule has 1 saturated carbocycles. The Balaban J connectivity index is 2.20. The molecule has 1 fully saturated rings. The van der Waals surface area contributed by atoms with E-state index >= 15 is 0 Å². The molecule has 0 aliphatic heterocycles. The highest BCUT2D eigenvalue weighted by atomic mass is 127. The van der Waals surface area contributed by atoms with Gasteiger partial charge in [-0.15, -0.1) is 0 Å². The summed E-state index contributed by atoms with van der Waals surface area (Å²) in [4.78, 5) is 23.8. The molecule has 1 aromatic carbocycles. The standard InChI is InChI=1S/C14H15ClINO3/c15-10-8-9(4-5-11(10)16)12(18)17-14(13(19)20)6-2-1-3-7-14/h4-5,8H,1-3,6-7H2,(H,17,18)(H,19,20). The molecular weight excluding hydrogens is 393 g/mol. The van der Waals surface area contributed by atoms with E-state index in [4.69, 9.17) is 11.6 Å². The van der Waals surface area contributed by atoms with Gasteiger partial charge in [0.2, 0.25) is 0 Å². The predicted octanol–water partition coefficient (Wildman–Crippen LogP) is 3.46. The number of carbonyl (C=O) groups is 2. The van der Waals surface area contributed by atoms with Crippen molar-refractivity contribution in [2.75, 3.05) is 0 Å². The molecule has 1 aliphatic rings. The Morgan fingerprint density at radius 3 is 2.45 bits per heavy atom. The fourth-order valence-corrected chi connectivity index (χ4v) is 2.99. The van der Waals surface area contributed by atoms with Crippen molar-refractivity contribution in [3.8, 4) is 0 Å². The van der Waals surface area contributed by atoms with Gasteiger partial charge in [-0.05, 0) is 53.6 Å². The van der Waals surface area contributed by atoms with E-state index in [1.807, 2.05) is 0 Å². The molecule has 1 aliphatic carbocycles. The fourth-order valence-electron chi connectivity index (χ4n) is 2.47. The van der Waals surface area contributed by atoms with Crippen LogP contribution in [0.15, 0.2) is 18.2 Å². The van der Waals surface area contributed by atoms with Crippen LogP contribution in [0, 0.1) is 3.57 Å². The number of aliphatic carboxylic acids is 1. The summed E-state index contributed by atoms with van der Waals surface area (Å²) in [6.07, 6.45) is 3.61. The molecule has 0 spiro atoms. The SMILES string of the molecule is O=C(NC1(C(=O)O)CCCCC1)c1ccc(I)c(Cl)c1. The summed E-state index contributed by atoms with van der Waals surface area (Å²) in [5, 5.41) is 12.6. The second-order valence-electron chi connectivity index (χ2n) is 5.03. The van der Waals surface area contributed by atoms with Crippen LogP contribution in [0.5, 0.6) is 0 Å². The Morgan fingerprint density at radius 1 is 1.25 bits per heavy atom. The zero-order chi connectivity index (χ0) is 14.8. The molecule has 0 unspecified atom stereocenters. The summed E-state index contributed by atoms with van der Waals surface area (Å²) in [5.74, 6) is -1.34. The second kappa shape index (κ2) is 6.30. The molecule has 0 radical (unpaired) electrons. The monoisotopic (exact) mass is 407 g/mol. The van der Waals surface area contributed by atoms with Crippen LogP contribution in [-0.2, 0) is 4.79 Å². The van der Waals surface area contributed by atoms with Crippen molar-refractivity contribution in [2.45, 2.75) is 37.6 Å². The molecule has 4 nitrogen and oxygen atoms in total. The summed E-state index contributed by atoms with van der Waals surface area (Å²) in [5.41, 5.74) is -0.744. The van der Waals surface area contributed by atoms with Gasteiger partial charge in [-0.25, -0.2) is 4.79 Å². The van der Waals surface area contributed by atoms with Gasteiger partial charge in [0.15, 0.2) is 0 Å². The lowest BCUT2D eigenvalue weighted by molar-refractivity contribution is -0.145. The number of nitrogens with one attached hydrogen (secondary N) is 1. The summed E-state index contributed by atoms with van der Waals surface area (Å²) >= 11 is 8.07. The third-order valence-corrected chi connectivity index (χ3v) is 5.22. The van der Waals surface area contributed by atoms with Gasteiger partial charge in [0, 0.05) is 9.13 Å². The van der Waals surface area contributed by atoms with Crippen LogP contribution >= 0.6 is 34.2 Å².